The first-order valence-electron chi connectivity index (χ1n) is 5.68. The molecule has 0 fully saturated rings. The van der Waals surface area contributed by atoms with Gasteiger partial charge in [0.05, 0.1) is 12.2 Å². The Labute approximate surface area is 104 Å². The zero-order valence-corrected chi connectivity index (χ0v) is 11.1. The largest absolute Gasteiger partial charge is 0.444 e. The molecule has 5 nitrogen and oxygen atoms in total. The van der Waals surface area contributed by atoms with Crippen molar-refractivity contribution in [3.05, 3.63) is 23.2 Å². The third-order valence-electron chi connectivity index (χ3n) is 2.41. The van der Waals surface area contributed by atoms with Gasteiger partial charge < -0.3 is 9.73 Å². The minimum Gasteiger partial charge on any atom is -0.444 e. The van der Waals surface area contributed by atoms with Crippen LogP contribution in [0.15, 0.2) is 4.42 Å². The summed E-state index contributed by atoms with van der Waals surface area (Å²) < 4.78 is 9.73. The zero-order chi connectivity index (χ0) is 12.3. The van der Waals surface area contributed by atoms with E-state index >= 15 is 0 Å². The molecule has 0 amide bonds. The molecule has 0 aliphatic heterocycles. The smallest absolute Gasteiger partial charge is 0.214 e. The van der Waals surface area contributed by atoms with Gasteiger partial charge in [0.15, 0.2) is 0 Å². The van der Waals surface area contributed by atoms with Crippen molar-refractivity contribution in [3.63, 3.8) is 0 Å². The maximum atomic E-state index is 5.47. The van der Waals surface area contributed by atoms with Crippen LogP contribution in [0.25, 0.3) is 0 Å². The Morgan fingerprint density at radius 3 is 2.76 bits per heavy atom. The van der Waals surface area contributed by atoms with E-state index in [2.05, 4.69) is 26.6 Å². The lowest BCUT2D eigenvalue weighted by atomic mass is 10.3. The molecule has 2 heterocycles. The summed E-state index contributed by atoms with van der Waals surface area (Å²) in [6.45, 7) is 6.52. The Kier molecular flexibility index (Phi) is 3.73. The van der Waals surface area contributed by atoms with Gasteiger partial charge in [-0.25, -0.2) is 9.97 Å². The van der Waals surface area contributed by atoms with Crippen LogP contribution in [0.5, 0.6) is 0 Å². The van der Waals surface area contributed by atoms with Crippen molar-refractivity contribution in [1.29, 1.82) is 0 Å². The summed E-state index contributed by atoms with van der Waals surface area (Å²) in [5.41, 5.74) is 0.936. The highest BCUT2D eigenvalue weighted by atomic mass is 32.1. The van der Waals surface area contributed by atoms with Crippen LogP contribution in [-0.2, 0) is 13.0 Å². The normalized spacial score (nSPS) is 10.8. The zero-order valence-electron chi connectivity index (χ0n) is 10.3. The van der Waals surface area contributed by atoms with Gasteiger partial charge in [0.1, 0.15) is 11.6 Å². The number of nitrogens with zero attached hydrogens (tertiary/aromatic N) is 3. The summed E-state index contributed by atoms with van der Waals surface area (Å²) in [5.74, 6) is 2.46. The molecule has 6 heteroatoms. The molecule has 0 aliphatic carbocycles. The maximum absolute atomic E-state index is 5.47. The predicted octanol–water partition coefficient (Wildman–Crippen LogP) is 2.71. The second-order valence-corrected chi connectivity index (χ2v) is 4.62. The van der Waals surface area contributed by atoms with E-state index in [1.807, 2.05) is 13.8 Å². The molecule has 17 heavy (non-hydrogen) atoms. The molecule has 0 spiro atoms. The molecule has 2 rings (SSSR count). The minimum absolute atomic E-state index is 0.551. The van der Waals surface area contributed by atoms with Crippen LogP contribution in [0.4, 0.5) is 5.13 Å². The first-order chi connectivity index (χ1) is 8.19. The second-order valence-electron chi connectivity index (χ2n) is 3.87. The van der Waals surface area contributed by atoms with Gasteiger partial charge in [-0.1, -0.05) is 6.92 Å². The molecule has 0 saturated carbocycles. The van der Waals surface area contributed by atoms with Crippen molar-refractivity contribution in [1.82, 2.24) is 14.3 Å². The molecule has 2 aromatic heterocycles. The topological polar surface area (TPSA) is 63.8 Å². The SMILES string of the molecule is CCCc1nsc(NCc2nc(C)c(C)o2)n1. The Bertz CT molecular complexity index is 472. The lowest BCUT2D eigenvalue weighted by Crippen LogP contribution is -1.99. The van der Waals surface area contributed by atoms with Gasteiger partial charge in [-0.2, -0.15) is 4.37 Å². The molecule has 0 aromatic carbocycles. The number of rotatable bonds is 5. The second kappa shape index (κ2) is 5.27. The summed E-state index contributed by atoms with van der Waals surface area (Å²) in [6, 6.07) is 0. The summed E-state index contributed by atoms with van der Waals surface area (Å²) in [7, 11) is 0. The number of aromatic nitrogens is 3. The molecule has 92 valence electrons. The number of aryl methyl sites for hydroxylation is 3. The maximum Gasteiger partial charge on any atom is 0.214 e. The van der Waals surface area contributed by atoms with Gasteiger partial charge in [-0.3, -0.25) is 0 Å². The van der Waals surface area contributed by atoms with Crippen LogP contribution in [0.3, 0.4) is 0 Å². The van der Waals surface area contributed by atoms with E-state index in [4.69, 9.17) is 4.42 Å². The number of hydrogen-bond donors (Lipinski definition) is 1. The Balaban J connectivity index is 1.92. The highest BCUT2D eigenvalue weighted by Gasteiger charge is 2.07. The van der Waals surface area contributed by atoms with Gasteiger partial charge >= 0.3 is 0 Å². The summed E-state index contributed by atoms with van der Waals surface area (Å²) in [5, 5.41) is 3.99. The number of anilines is 1. The highest BCUT2D eigenvalue weighted by molar-refractivity contribution is 7.09. The van der Waals surface area contributed by atoms with E-state index in [0.29, 0.717) is 12.4 Å². The van der Waals surface area contributed by atoms with Crippen molar-refractivity contribution in [2.24, 2.45) is 0 Å². The molecule has 0 radical (unpaired) electrons. The summed E-state index contributed by atoms with van der Waals surface area (Å²) in [4.78, 5) is 8.67. The van der Waals surface area contributed by atoms with Gasteiger partial charge in [-0.05, 0) is 20.3 Å². The van der Waals surface area contributed by atoms with Gasteiger partial charge in [0.25, 0.3) is 0 Å². The predicted molar refractivity (Wildman–Crippen MR) is 67.2 cm³/mol. The van der Waals surface area contributed by atoms with Crippen LogP contribution >= 0.6 is 11.5 Å². The fourth-order valence-electron chi connectivity index (χ4n) is 1.42. The standard InChI is InChI=1S/C11H16N4OS/c1-4-5-9-14-11(17-15-9)12-6-10-13-7(2)8(3)16-10/h4-6H2,1-3H3,(H,12,14,15). The average molecular weight is 252 g/mol. The van der Waals surface area contributed by atoms with Crippen molar-refractivity contribution in [2.75, 3.05) is 5.32 Å². The van der Waals surface area contributed by atoms with Crippen molar-refractivity contribution < 1.29 is 4.42 Å². The molecular weight excluding hydrogens is 236 g/mol. The third kappa shape index (κ3) is 3.03. The van der Waals surface area contributed by atoms with E-state index in [1.54, 1.807) is 0 Å². The molecule has 0 unspecified atom stereocenters. The van der Waals surface area contributed by atoms with Gasteiger partial charge in [0.2, 0.25) is 11.0 Å². The van der Waals surface area contributed by atoms with E-state index in [-0.39, 0.29) is 0 Å². The Morgan fingerprint density at radius 1 is 1.29 bits per heavy atom. The van der Waals surface area contributed by atoms with Crippen molar-refractivity contribution >= 4 is 16.7 Å². The molecule has 0 bridgehead atoms. The monoisotopic (exact) mass is 252 g/mol. The Hall–Kier alpha value is -1.43. The van der Waals surface area contributed by atoms with E-state index < -0.39 is 0 Å². The molecule has 0 aliphatic rings. The molecule has 0 saturated heterocycles. The van der Waals surface area contributed by atoms with Crippen molar-refractivity contribution in [3.8, 4) is 0 Å². The molecule has 1 N–H and O–H groups in total. The highest BCUT2D eigenvalue weighted by Crippen LogP contribution is 2.14. The quantitative estimate of drug-likeness (QED) is 0.886. The minimum atomic E-state index is 0.551. The number of nitrogens with one attached hydrogen (secondary N) is 1. The summed E-state index contributed by atoms with van der Waals surface area (Å²) in [6.07, 6.45) is 1.99. The Morgan fingerprint density at radius 2 is 2.12 bits per heavy atom. The van der Waals surface area contributed by atoms with E-state index in [1.165, 1.54) is 11.5 Å². The first kappa shape index (κ1) is 12.0. The number of hydrogen-bond acceptors (Lipinski definition) is 6. The van der Waals surface area contributed by atoms with Crippen LogP contribution in [0.1, 0.15) is 36.5 Å². The van der Waals surface area contributed by atoms with E-state index in [0.717, 1.165) is 35.3 Å². The fraction of sp³-hybridized carbons (Fsp3) is 0.545. The summed E-state index contributed by atoms with van der Waals surface area (Å²) >= 11 is 1.38. The third-order valence-corrected chi connectivity index (χ3v) is 3.12. The van der Waals surface area contributed by atoms with Crippen LogP contribution in [0, 0.1) is 13.8 Å². The fourth-order valence-corrected chi connectivity index (χ4v) is 2.02. The first-order valence-corrected chi connectivity index (χ1v) is 6.45. The molecular formula is C11H16N4OS. The molecule has 0 atom stereocenters. The lowest BCUT2D eigenvalue weighted by molar-refractivity contribution is 0.478. The van der Waals surface area contributed by atoms with Gasteiger partial charge in [-0.15, -0.1) is 0 Å². The average Bonchev–Trinajstić information content (AvgIpc) is 2.85. The van der Waals surface area contributed by atoms with E-state index in [9.17, 15) is 0 Å². The van der Waals surface area contributed by atoms with Crippen molar-refractivity contribution in [2.45, 2.75) is 40.2 Å². The van der Waals surface area contributed by atoms with Crippen LogP contribution < -0.4 is 5.32 Å². The molecule has 2 aromatic rings. The number of oxazole rings is 1. The van der Waals surface area contributed by atoms with Crippen LogP contribution in [-0.4, -0.2) is 14.3 Å². The van der Waals surface area contributed by atoms with Gasteiger partial charge in [0, 0.05) is 18.0 Å². The lowest BCUT2D eigenvalue weighted by Gasteiger charge is -1.96. The van der Waals surface area contributed by atoms with Crippen LogP contribution in [0.2, 0.25) is 0 Å².